The molecule has 3 N–H and O–H groups in total. The molecular formula is C15H16ClFN4O3S2. The number of primary sulfonamides is 1. The van der Waals surface area contributed by atoms with Gasteiger partial charge in [-0.2, -0.15) is 0 Å². The van der Waals surface area contributed by atoms with Crippen LogP contribution >= 0.6 is 22.9 Å². The number of hydrogen-bond donors (Lipinski definition) is 2. The van der Waals surface area contributed by atoms with Crippen molar-refractivity contribution in [1.29, 1.82) is 0 Å². The number of nitrogens with two attached hydrogens (primary N) is 1. The molecule has 1 aromatic carbocycles. The summed E-state index contributed by atoms with van der Waals surface area (Å²) in [5, 5.41) is 8.35. The van der Waals surface area contributed by atoms with Crippen molar-refractivity contribution < 1.29 is 17.6 Å². The molecular weight excluding hydrogens is 403 g/mol. The first kappa shape index (κ1) is 19.0. The van der Waals surface area contributed by atoms with E-state index in [2.05, 4.69) is 10.3 Å². The fourth-order valence-electron chi connectivity index (χ4n) is 2.68. The third-order valence-electron chi connectivity index (χ3n) is 4.08. The molecule has 0 radical (unpaired) electrons. The minimum atomic E-state index is -3.76. The number of aromatic nitrogens is 1. The van der Waals surface area contributed by atoms with E-state index in [0.717, 1.165) is 11.3 Å². The molecule has 0 saturated carbocycles. The molecule has 0 unspecified atom stereocenters. The van der Waals surface area contributed by atoms with Gasteiger partial charge >= 0.3 is 0 Å². The lowest BCUT2D eigenvalue weighted by Crippen LogP contribution is -2.38. The minimum Gasteiger partial charge on any atom is -0.348 e. The van der Waals surface area contributed by atoms with Crippen LogP contribution in [-0.2, 0) is 14.8 Å². The van der Waals surface area contributed by atoms with E-state index >= 15 is 0 Å². The third kappa shape index (κ3) is 4.32. The number of nitrogens with one attached hydrogen (secondary N) is 1. The maximum atomic E-state index is 13.2. The van der Waals surface area contributed by atoms with Gasteiger partial charge in [-0.3, -0.25) is 4.79 Å². The van der Waals surface area contributed by atoms with Gasteiger partial charge < -0.3 is 10.2 Å². The standard InChI is InChI=1S/C15H16ClFN4O3S2/c16-11-7-10(1-2-12(11)17)20-14(22)9-3-5-21(6-4-9)15-19-8-13(25-15)26(18,23)24/h1-2,7-9H,3-6H2,(H,20,22)(H2,18,23,24). The monoisotopic (exact) mass is 418 g/mol. The number of carbonyl (C=O) groups is 1. The number of carbonyl (C=O) groups excluding carboxylic acids is 1. The lowest BCUT2D eigenvalue weighted by Gasteiger charge is -2.31. The van der Waals surface area contributed by atoms with E-state index in [-0.39, 0.29) is 21.1 Å². The zero-order valence-electron chi connectivity index (χ0n) is 13.5. The van der Waals surface area contributed by atoms with Crippen molar-refractivity contribution in [1.82, 2.24) is 4.98 Å². The van der Waals surface area contributed by atoms with Crippen molar-refractivity contribution in [3.63, 3.8) is 0 Å². The molecule has 0 aliphatic carbocycles. The largest absolute Gasteiger partial charge is 0.348 e. The van der Waals surface area contributed by atoms with Gasteiger partial charge in [-0.1, -0.05) is 22.9 Å². The van der Waals surface area contributed by atoms with Crippen LogP contribution in [-0.4, -0.2) is 32.4 Å². The lowest BCUT2D eigenvalue weighted by atomic mass is 9.96. The van der Waals surface area contributed by atoms with Crippen molar-refractivity contribution in [3.05, 3.63) is 35.2 Å². The molecule has 0 bridgehead atoms. The van der Waals surface area contributed by atoms with Crippen molar-refractivity contribution in [2.75, 3.05) is 23.3 Å². The van der Waals surface area contributed by atoms with Crippen LogP contribution in [0, 0.1) is 11.7 Å². The van der Waals surface area contributed by atoms with Crippen molar-refractivity contribution in [3.8, 4) is 0 Å². The predicted octanol–water partition coefficient (Wildman–Crippen LogP) is 2.44. The van der Waals surface area contributed by atoms with Crippen LogP contribution in [0.5, 0.6) is 0 Å². The first-order valence-electron chi connectivity index (χ1n) is 7.73. The highest BCUT2D eigenvalue weighted by molar-refractivity contribution is 7.91. The maximum Gasteiger partial charge on any atom is 0.249 e. The Morgan fingerprint density at radius 3 is 2.65 bits per heavy atom. The highest BCUT2D eigenvalue weighted by Crippen LogP contribution is 2.29. The van der Waals surface area contributed by atoms with Crippen molar-refractivity contribution in [2.45, 2.75) is 17.1 Å². The van der Waals surface area contributed by atoms with Gasteiger partial charge in [-0.05, 0) is 31.0 Å². The molecule has 1 fully saturated rings. The molecule has 1 aliphatic heterocycles. The summed E-state index contributed by atoms with van der Waals surface area (Å²) < 4.78 is 35.8. The fourth-order valence-corrected chi connectivity index (χ4v) is 4.45. The Bertz CT molecular complexity index is 927. The van der Waals surface area contributed by atoms with Crippen molar-refractivity contribution >= 4 is 49.7 Å². The number of nitrogens with zero attached hydrogens (tertiary/aromatic N) is 2. The molecule has 1 amide bonds. The zero-order valence-corrected chi connectivity index (χ0v) is 15.9. The number of anilines is 2. The average Bonchev–Trinajstić information content (AvgIpc) is 3.09. The van der Waals surface area contributed by atoms with Gasteiger partial charge in [0.05, 0.1) is 11.2 Å². The van der Waals surface area contributed by atoms with E-state index in [1.807, 2.05) is 4.90 Å². The van der Waals surface area contributed by atoms with E-state index in [0.29, 0.717) is 36.8 Å². The summed E-state index contributed by atoms with van der Waals surface area (Å²) in [5.41, 5.74) is 0.446. The Morgan fingerprint density at radius 1 is 1.38 bits per heavy atom. The van der Waals surface area contributed by atoms with E-state index < -0.39 is 15.8 Å². The topological polar surface area (TPSA) is 105 Å². The van der Waals surface area contributed by atoms with Crippen LogP contribution < -0.4 is 15.4 Å². The van der Waals surface area contributed by atoms with E-state index in [1.165, 1.54) is 24.4 Å². The lowest BCUT2D eigenvalue weighted by molar-refractivity contribution is -0.120. The van der Waals surface area contributed by atoms with Gasteiger partial charge in [0.2, 0.25) is 15.9 Å². The molecule has 0 spiro atoms. The third-order valence-corrected chi connectivity index (χ3v) is 6.83. The van der Waals surface area contributed by atoms with Crippen LogP contribution in [0.1, 0.15) is 12.8 Å². The highest BCUT2D eigenvalue weighted by Gasteiger charge is 2.27. The molecule has 7 nitrogen and oxygen atoms in total. The van der Waals surface area contributed by atoms with E-state index in [9.17, 15) is 17.6 Å². The second-order valence-electron chi connectivity index (χ2n) is 5.89. The maximum absolute atomic E-state index is 13.2. The summed E-state index contributed by atoms with van der Waals surface area (Å²) >= 11 is 6.73. The van der Waals surface area contributed by atoms with Crippen LogP contribution in [0.4, 0.5) is 15.2 Å². The Labute approximate surface area is 159 Å². The number of halogens is 2. The second kappa shape index (κ2) is 7.47. The van der Waals surface area contributed by atoms with E-state index in [1.54, 1.807) is 0 Å². The highest BCUT2D eigenvalue weighted by atomic mass is 35.5. The van der Waals surface area contributed by atoms with Crippen LogP contribution in [0.3, 0.4) is 0 Å². The number of amides is 1. The number of rotatable bonds is 4. The Balaban J connectivity index is 1.58. The molecule has 26 heavy (non-hydrogen) atoms. The molecule has 1 aliphatic rings. The first-order chi connectivity index (χ1) is 12.2. The number of benzene rings is 1. The first-order valence-corrected chi connectivity index (χ1v) is 10.5. The van der Waals surface area contributed by atoms with E-state index in [4.69, 9.17) is 16.7 Å². The summed E-state index contributed by atoms with van der Waals surface area (Å²) in [5.74, 6) is -0.898. The molecule has 1 aromatic heterocycles. The fraction of sp³-hybridized carbons (Fsp3) is 0.333. The minimum absolute atomic E-state index is 0.0144. The quantitative estimate of drug-likeness (QED) is 0.793. The number of sulfonamides is 1. The molecule has 2 heterocycles. The van der Waals surface area contributed by atoms with Gasteiger partial charge in [-0.25, -0.2) is 22.9 Å². The normalized spacial score (nSPS) is 15.9. The zero-order chi connectivity index (χ0) is 18.9. The summed E-state index contributed by atoms with van der Waals surface area (Å²) in [7, 11) is -3.76. The Morgan fingerprint density at radius 2 is 2.08 bits per heavy atom. The summed E-state index contributed by atoms with van der Waals surface area (Å²) in [6, 6.07) is 4.03. The van der Waals surface area contributed by atoms with Gasteiger partial charge in [0.25, 0.3) is 0 Å². The van der Waals surface area contributed by atoms with Gasteiger partial charge in [0.15, 0.2) is 9.34 Å². The average molecular weight is 419 g/mol. The van der Waals surface area contributed by atoms with Crippen molar-refractivity contribution in [2.24, 2.45) is 11.1 Å². The molecule has 1 saturated heterocycles. The molecule has 140 valence electrons. The second-order valence-corrected chi connectivity index (χ2v) is 9.09. The smallest absolute Gasteiger partial charge is 0.249 e. The summed E-state index contributed by atoms with van der Waals surface area (Å²) in [6.07, 6.45) is 2.42. The number of hydrogen-bond acceptors (Lipinski definition) is 6. The summed E-state index contributed by atoms with van der Waals surface area (Å²) in [6.45, 7) is 1.14. The molecule has 0 atom stereocenters. The van der Waals surface area contributed by atoms with Crippen LogP contribution in [0.15, 0.2) is 28.6 Å². The SMILES string of the molecule is NS(=O)(=O)c1cnc(N2CCC(C(=O)Nc3ccc(F)c(Cl)c3)CC2)s1. The van der Waals surface area contributed by atoms with Gasteiger partial charge in [0, 0.05) is 24.7 Å². The predicted molar refractivity (Wildman–Crippen MR) is 98.5 cm³/mol. The number of thiazole rings is 1. The number of piperidine rings is 1. The van der Waals surface area contributed by atoms with Gasteiger partial charge in [-0.15, -0.1) is 0 Å². The molecule has 11 heteroatoms. The Kier molecular flexibility index (Phi) is 5.47. The molecule has 2 aromatic rings. The van der Waals surface area contributed by atoms with Crippen LogP contribution in [0.2, 0.25) is 5.02 Å². The molecule has 3 rings (SSSR count). The summed E-state index contributed by atoms with van der Waals surface area (Å²) in [4.78, 5) is 18.4. The van der Waals surface area contributed by atoms with Gasteiger partial charge in [0.1, 0.15) is 5.82 Å². The Hall–Kier alpha value is -1.75. The van der Waals surface area contributed by atoms with Crippen LogP contribution in [0.25, 0.3) is 0 Å².